The van der Waals surface area contributed by atoms with Crippen molar-refractivity contribution in [1.82, 2.24) is 0 Å². The summed E-state index contributed by atoms with van der Waals surface area (Å²) in [6, 6.07) is 0. The van der Waals surface area contributed by atoms with Crippen molar-refractivity contribution in [2.24, 2.45) is 0 Å². The van der Waals surface area contributed by atoms with Crippen LogP contribution in [0.2, 0.25) is 0 Å². The highest BCUT2D eigenvalue weighted by atomic mass is 79.9. The van der Waals surface area contributed by atoms with Gasteiger partial charge in [-0.1, -0.05) is 72.2 Å². The summed E-state index contributed by atoms with van der Waals surface area (Å²) in [6.45, 7) is 2.24. The maximum absolute atomic E-state index is 3.33. The Balaban J connectivity index is 3.25. The highest BCUT2D eigenvalue weighted by Crippen LogP contribution is 2.00. The van der Waals surface area contributed by atoms with Crippen LogP contribution < -0.4 is 0 Å². The first kappa shape index (κ1) is 13.7. The summed E-state index contributed by atoms with van der Waals surface area (Å²) in [5, 5.41) is 0.935. The number of hydrogen-bond donors (Lipinski definition) is 0. The van der Waals surface area contributed by atoms with Crippen LogP contribution in [0.4, 0.5) is 0 Å². The second kappa shape index (κ2) is 12.7. The van der Waals surface area contributed by atoms with Crippen LogP contribution >= 0.6 is 15.9 Å². The van der Waals surface area contributed by atoms with Gasteiger partial charge in [-0.15, -0.1) is 0 Å². The van der Waals surface area contributed by atoms with E-state index in [-0.39, 0.29) is 0 Å². The van der Waals surface area contributed by atoms with Crippen molar-refractivity contribution in [3.63, 3.8) is 0 Å². The van der Waals surface area contributed by atoms with Gasteiger partial charge >= 0.3 is 0 Å². The zero-order valence-corrected chi connectivity index (χ0v) is 10.7. The Morgan fingerprint density at radius 2 is 1.71 bits per heavy atom. The van der Waals surface area contributed by atoms with Crippen LogP contribution in [0.5, 0.6) is 0 Å². The zero-order valence-electron chi connectivity index (χ0n) is 9.08. The SMILES string of the molecule is CCCCCC=CCC=CC=CCBr. The number of rotatable bonds is 8. The molecule has 0 rings (SSSR count). The maximum Gasteiger partial charge on any atom is 0.0215 e. The van der Waals surface area contributed by atoms with E-state index in [1.165, 1.54) is 25.7 Å². The fraction of sp³-hybridized carbons (Fsp3) is 0.538. The van der Waals surface area contributed by atoms with E-state index in [2.05, 4.69) is 59.3 Å². The highest BCUT2D eigenvalue weighted by molar-refractivity contribution is 9.09. The Hall–Kier alpha value is -0.300. The Morgan fingerprint density at radius 3 is 2.43 bits per heavy atom. The normalized spacial score (nSPS) is 12.4. The van der Waals surface area contributed by atoms with Gasteiger partial charge < -0.3 is 0 Å². The van der Waals surface area contributed by atoms with E-state index in [0.29, 0.717) is 0 Å². The molecule has 14 heavy (non-hydrogen) atoms. The van der Waals surface area contributed by atoms with Crippen LogP contribution in [-0.4, -0.2) is 5.33 Å². The zero-order chi connectivity index (χ0) is 10.5. The third-order valence-electron chi connectivity index (χ3n) is 1.89. The first-order valence-corrected chi connectivity index (χ1v) is 6.56. The summed E-state index contributed by atoms with van der Waals surface area (Å²) in [5.41, 5.74) is 0. The van der Waals surface area contributed by atoms with Gasteiger partial charge in [0.2, 0.25) is 0 Å². The van der Waals surface area contributed by atoms with E-state index >= 15 is 0 Å². The number of unbranched alkanes of at least 4 members (excludes halogenated alkanes) is 3. The molecule has 0 bridgehead atoms. The summed E-state index contributed by atoms with van der Waals surface area (Å²) in [5.74, 6) is 0. The lowest BCUT2D eigenvalue weighted by Crippen LogP contribution is -1.70. The molecule has 0 spiro atoms. The molecule has 0 aromatic heterocycles. The summed E-state index contributed by atoms with van der Waals surface area (Å²) in [4.78, 5) is 0. The molecule has 0 nitrogen and oxygen atoms in total. The second-order valence-corrected chi connectivity index (χ2v) is 3.86. The lowest BCUT2D eigenvalue weighted by molar-refractivity contribution is 0.728. The minimum absolute atomic E-state index is 0.935. The topological polar surface area (TPSA) is 0 Å². The minimum Gasteiger partial charge on any atom is -0.0883 e. The molecule has 0 radical (unpaired) electrons. The molecule has 0 amide bonds. The Labute approximate surface area is 96.9 Å². The molecule has 1 heteroatoms. The smallest absolute Gasteiger partial charge is 0.0215 e. The van der Waals surface area contributed by atoms with Crippen molar-refractivity contribution in [3.8, 4) is 0 Å². The summed E-state index contributed by atoms with van der Waals surface area (Å²) in [6.07, 6.45) is 19.2. The van der Waals surface area contributed by atoms with Crippen LogP contribution in [0.25, 0.3) is 0 Å². The van der Waals surface area contributed by atoms with Crippen molar-refractivity contribution < 1.29 is 0 Å². The Morgan fingerprint density at radius 1 is 0.929 bits per heavy atom. The molecule has 0 heterocycles. The lowest BCUT2D eigenvalue weighted by Gasteiger charge is -1.90. The molecule has 0 aromatic rings. The van der Waals surface area contributed by atoms with Gasteiger partial charge in [-0.25, -0.2) is 0 Å². The van der Waals surface area contributed by atoms with Crippen LogP contribution in [-0.2, 0) is 0 Å². The van der Waals surface area contributed by atoms with E-state index in [0.717, 1.165) is 11.8 Å². The van der Waals surface area contributed by atoms with Gasteiger partial charge in [-0.05, 0) is 19.3 Å². The summed E-state index contributed by atoms with van der Waals surface area (Å²) < 4.78 is 0. The number of halogens is 1. The summed E-state index contributed by atoms with van der Waals surface area (Å²) in [7, 11) is 0. The van der Waals surface area contributed by atoms with Crippen LogP contribution in [0.3, 0.4) is 0 Å². The molecule has 0 aliphatic rings. The summed E-state index contributed by atoms with van der Waals surface area (Å²) >= 11 is 3.33. The maximum atomic E-state index is 3.33. The van der Waals surface area contributed by atoms with Crippen LogP contribution in [0, 0.1) is 0 Å². The number of hydrogen-bond acceptors (Lipinski definition) is 0. The van der Waals surface area contributed by atoms with E-state index in [4.69, 9.17) is 0 Å². The monoisotopic (exact) mass is 256 g/mol. The molecular weight excluding hydrogens is 236 g/mol. The van der Waals surface area contributed by atoms with Gasteiger partial charge in [0.15, 0.2) is 0 Å². The molecule has 0 N–H and O–H groups in total. The third kappa shape index (κ3) is 11.7. The molecule has 0 aliphatic carbocycles. The average molecular weight is 257 g/mol. The molecule has 0 fully saturated rings. The van der Waals surface area contributed by atoms with Gasteiger partial charge in [-0.2, -0.15) is 0 Å². The van der Waals surface area contributed by atoms with E-state index < -0.39 is 0 Å². The van der Waals surface area contributed by atoms with E-state index in [9.17, 15) is 0 Å². The van der Waals surface area contributed by atoms with Gasteiger partial charge in [0, 0.05) is 5.33 Å². The standard InChI is InChI=1S/C13H21Br/c1-2-3-4-5-6-7-8-9-10-11-12-13-14/h6-7,9-12H,2-5,8,13H2,1H3. The van der Waals surface area contributed by atoms with Crippen molar-refractivity contribution in [2.45, 2.75) is 39.0 Å². The molecule has 0 atom stereocenters. The predicted octanol–water partition coefficient (Wildman–Crippen LogP) is 5.02. The average Bonchev–Trinajstić information content (AvgIpc) is 2.21. The molecule has 0 unspecified atom stereocenters. The quantitative estimate of drug-likeness (QED) is 0.248. The fourth-order valence-corrected chi connectivity index (χ4v) is 1.31. The van der Waals surface area contributed by atoms with Gasteiger partial charge in [0.05, 0.1) is 0 Å². The van der Waals surface area contributed by atoms with Gasteiger partial charge in [0.1, 0.15) is 0 Å². The number of allylic oxidation sites excluding steroid dienone is 6. The first-order valence-electron chi connectivity index (χ1n) is 5.44. The van der Waals surface area contributed by atoms with Crippen LogP contribution in [0.15, 0.2) is 36.5 Å². The fourth-order valence-electron chi connectivity index (χ4n) is 1.09. The number of alkyl halides is 1. The third-order valence-corrected chi connectivity index (χ3v) is 2.26. The lowest BCUT2D eigenvalue weighted by atomic mass is 10.2. The molecule has 80 valence electrons. The minimum atomic E-state index is 0.935. The molecule has 0 saturated heterocycles. The Kier molecular flexibility index (Phi) is 12.4. The van der Waals surface area contributed by atoms with Gasteiger partial charge in [0.25, 0.3) is 0 Å². The van der Waals surface area contributed by atoms with Crippen LogP contribution in [0.1, 0.15) is 39.0 Å². The van der Waals surface area contributed by atoms with Crippen molar-refractivity contribution in [2.75, 3.05) is 5.33 Å². The molecular formula is C13H21Br. The molecule has 0 aromatic carbocycles. The van der Waals surface area contributed by atoms with Gasteiger partial charge in [-0.3, -0.25) is 0 Å². The van der Waals surface area contributed by atoms with Crippen molar-refractivity contribution in [1.29, 1.82) is 0 Å². The van der Waals surface area contributed by atoms with E-state index in [1.54, 1.807) is 0 Å². The largest absolute Gasteiger partial charge is 0.0883 e. The van der Waals surface area contributed by atoms with Crippen molar-refractivity contribution in [3.05, 3.63) is 36.5 Å². The predicted molar refractivity (Wildman–Crippen MR) is 70.0 cm³/mol. The highest BCUT2D eigenvalue weighted by Gasteiger charge is 1.80. The Bertz CT molecular complexity index is 178. The molecule has 0 aliphatic heterocycles. The molecule has 0 saturated carbocycles. The first-order chi connectivity index (χ1) is 6.91. The van der Waals surface area contributed by atoms with Crippen molar-refractivity contribution >= 4 is 15.9 Å². The second-order valence-electron chi connectivity index (χ2n) is 3.21. The van der Waals surface area contributed by atoms with E-state index in [1.807, 2.05) is 0 Å².